The number of H-pyrrole nitrogens is 1. The molecule has 2 fully saturated rings. The monoisotopic (exact) mass is 399 g/mol. The van der Waals surface area contributed by atoms with Gasteiger partial charge >= 0.3 is 0 Å². The lowest BCUT2D eigenvalue weighted by molar-refractivity contribution is 0.585. The van der Waals surface area contributed by atoms with E-state index in [-0.39, 0.29) is 0 Å². The number of aromatic amines is 1. The summed E-state index contributed by atoms with van der Waals surface area (Å²) in [7, 11) is 0. The van der Waals surface area contributed by atoms with Crippen molar-refractivity contribution in [3.05, 3.63) is 48.3 Å². The number of nitrogens with zero attached hydrogens (tertiary/aromatic N) is 5. The second kappa shape index (κ2) is 8.17. The molecule has 152 valence electrons. The third kappa shape index (κ3) is 3.62. The van der Waals surface area contributed by atoms with Gasteiger partial charge in [-0.05, 0) is 43.2 Å². The third-order valence-corrected chi connectivity index (χ3v) is 5.90. The Bertz CT molecular complexity index is 1050. The summed E-state index contributed by atoms with van der Waals surface area (Å²) in [5, 5.41) is 13.0. The Morgan fingerprint density at radius 3 is 2.47 bits per heavy atom. The average molecular weight is 400 g/mol. The van der Waals surface area contributed by atoms with E-state index in [9.17, 15) is 5.26 Å². The summed E-state index contributed by atoms with van der Waals surface area (Å²) in [5.74, 6) is 1.94. The van der Waals surface area contributed by atoms with Gasteiger partial charge in [-0.2, -0.15) is 5.26 Å². The van der Waals surface area contributed by atoms with Crippen LogP contribution in [0.15, 0.2) is 42.7 Å². The van der Waals surface area contributed by atoms with Crippen LogP contribution in [0.2, 0.25) is 0 Å². The molecule has 0 aromatic carbocycles. The van der Waals surface area contributed by atoms with E-state index < -0.39 is 0 Å². The Morgan fingerprint density at radius 2 is 1.73 bits per heavy atom. The number of rotatable bonds is 4. The number of aromatic nitrogens is 3. The standard InChI is InChI=1S/C23H25N7/c24-15-19-14-21(28-23(19)30-11-7-25-8-12-30)17-5-6-26-20(13-17)18-3-4-22(27-16-18)29-9-1-2-10-29/h3-6,13-14,16,25,28H,1-2,7-12H2. The van der Waals surface area contributed by atoms with Gasteiger partial charge in [0.2, 0.25) is 0 Å². The number of nitrogens with one attached hydrogen (secondary N) is 2. The van der Waals surface area contributed by atoms with Gasteiger partial charge in [0.15, 0.2) is 0 Å². The molecule has 0 spiro atoms. The Kier molecular flexibility index (Phi) is 5.08. The molecule has 0 aliphatic carbocycles. The molecule has 2 saturated heterocycles. The molecule has 5 heterocycles. The molecule has 2 aliphatic rings. The first-order valence-electron chi connectivity index (χ1n) is 10.6. The molecule has 3 aromatic heterocycles. The zero-order chi connectivity index (χ0) is 20.3. The minimum atomic E-state index is 0.682. The molecule has 5 rings (SSSR count). The van der Waals surface area contributed by atoms with Crippen LogP contribution in [0.4, 0.5) is 11.6 Å². The Balaban J connectivity index is 1.42. The first-order chi connectivity index (χ1) is 14.8. The van der Waals surface area contributed by atoms with Crippen LogP contribution in [0.1, 0.15) is 18.4 Å². The predicted molar refractivity (Wildman–Crippen MR) is 118 cm³/mol. The van der Waals surface area contributed by atoms with Gasteiger partial charge < -0.3 is 20.1 Å². The van der Waals surface area contributed by atoms with E-state index in [1.807, 2.05) is 24.5 Å². The molecule has 3 aromatic rings. The van der Waals surface area contributed by atoms with Gasteiger partial charge in [-0.15, -0.1) is 0 Å². The van der Waals surface area contributed by atoms with Crippen LogP contribution in [-0.2, 0) is 0 Å². The molecule has 0 radical (unpaired) electrons. The van der Waals surface area contributed by atoms with Gasteiger partial charge in [0.1, 0.15) is 17.7 Å². The van der Waals surface area contributed by atoms with Crippen LogP contribution in [0.25, 0.3) is 22.5 Å². The van der Waals surface area contributed by atoms with Crippen LogP contribution >= 0.6 is 0 Å². The van der Waals surface area contributed by atoms with Crippen molar-refractivity contribution < 1.29 is 0 Å². The summed E-state index contributed by atoms with van der Waals surface area (Å²) in [6.07, 6.45) is 6.20. The van der Waals surface area contributed by atoms with Gasteiger partial charge in [0.05, 0.1) is 11.3 Å². The van der Waals surface area contributed by atoms with E-state index in [2.05, 4.69) is 54.3 Å². The van der Waals surface area contributed by atoms with E-state index in [0.29, 0.717) is 5.56 Å². The molecular formula is C23H25N7. The van der Waals surface area contributed by atoms with E-state index in [0.717, 1.165) is 73.4 Å². The maximum Gasteiger partial charge on any atom is 0.128 e. The van der Waals surface area contributed by atoms with Gasteiger partial charge in [0, 0.05) is 68.5 Å². The second-order valence-corrected chi connectivity index (χ2v) is 7.82. The lowest BCUT2D eigenvalue weighted by atomic mass is 10.1. The fourth-order valence-corrected chi connectivity index (χ4v) is 4.25. The fourth-order valence-electron chi connectivity index (χ4n) is 4.25. The molecule has 2 aliphatic heterocycles. The highest BCUT2D eigenvalue weighted by atomic mass is 15.2. The van der Waals surface area contributed by atoms with Crippen molar-refractivity contribution in [1.29, 1.82) is 5.26 Å². The van der Waals surface area contributed by atoms with Gasteiger partial charge in [-0.25, -0.2) is 4.98 Å². The molecule has 7 heteroatoms. The van der Waals surface area contributed by atoms with Crippen LogP contribution in [0, 0.1) is 11.3 Å². The molecular weight excluding hydrogens is 374 g/mol. The number of nitriles is 1. The molecule has 0 amide bonds. The lowest BCUT2D eigenvalue weighted by Crippen LogP contribution is -2.44. The van der Waals surface area contributed by atoms with Crippen molar-refractivity contribution >= 4 is 11.6 Å². The average Bonchev–Trinajstić information content (AvgIpc) is 3.50. The number of piperazine rings is 1. The van der Waals surface area contributed by atoms with Crippen molar-refractivity contribution in [3.63, 3.8) is 0 Å². The summed E-state index contributed by atoms with van der Waals surface area (Å²) < 4.78 is 0. The van der Waals surface area contributed by atoms with Gasteiger partial charge in [-0.1, -0.05) is 0 Å². The normalized spacial score (nSPS) is 16.6. The smallest absolute Gasteiger partial charge is 0.128 e. The highest BCUT2D eigenvalue weighted by Crippen LogP contribution is 2.30. The van der Waals surface area contributed by atoms with Crippen molar-refractivity contribution in [2.24, 2.45) is 0 Å². The van der Waals surface area contributed by atoms with E-state index in [1.54, 1.807) is 0 Å². The maximum absolute atomic E-state index is 9.62. The van der Waals surface area contributed by atoms with Gasteiger partial charge in [0.25, 0.3) is 0 Å². The van der Waals surface area contributed by atoms with Crippen LogP contribution in [0.3, 0.4) is 0 Å². The first kappa shape index (κ1) is 18.6. The summed E-state index contributed by atoms with van der Waals surface area (Å²) >= 11 is 0. The highest BCUT2D eigenvalue weighted by Gasteiger charge is 2.18. The Morgan fingerprint density at radius 1 is 0.900 bits per heavy atom. The van der Waals surface area contributed by atoms with E-state index in [1.165, 1.54) is 12.8 Å². The predicted octanol–water partition coefficient (Wildman–Crippen LogP) is 3.02. The molecule has 0 atom stereocenters. The molecule has 7 nitrogen and oxygen atoms in total. The quantitative estimate of drug-likeness (QED) is 0.702. The highest BCUT2D eigenvalue weighted by molar-refractivity contribution is 5.73. The fraction of sp³-hybridized carbons (Fsp3) is 0.348. The molecule has 0 saturated carbocycles. The zero-order valence-electron chi connectivity index (χ0n) is 16.9. The minimum Gasteiger partial charge on any atom is -0.357 e. The molecule has 0 unspecified atom stereocenters. The topological polar surface area (TPSA) is 83.9 Å². The summed E-state index contributed by atoms with van der Waals surface area (Å²) in [6.45, 7) is 5.82. The van der Waals surface area contributed by atoms with E-state index in [4.69, 9.17) is 0 Å². The first-order valence-corrected chi connectivity index (χ1v) is 10.6. The number of hydrogen-bond donors (Lipinski definition) is 2. The van der Waals surface area contributed by atoms with E-state index >= 15 is 0 Å². The largest absolute Gasteiger partial charge is 0.357 e. The van der Waals surface area contributed by atoms with Crippen molar-refractivity contribution in [3.8, 4) is 28.6 Å². The van der Waals surface area contributed by atoms with Crippen LogP contribution in [-0.4, -0.2) is 54.2 Å². The van der Waals surface area contributed by atoms with Crippen LogP contribution in [0.5, 0.6) is 0 Å². The Hall–Kier alpha value is -3.37. The zero-order valence-corrected chi connectivity index (χ0v) is 16.9. The maximum atomic E-state index is 9.62. The number of hydrogen-bond acceptors (Lipinski definition) is 6. The minimum absolute atomic E-state index is 0.682. The van der Waals surface area contributed by atoms with Crippen molar-refractivity contribution in [1.82, 2.24) is 20.3 Å². The number of anilines is 2. The lowest BCUT2D eigenvalue weighted by Gasteiger charge is -2.28. The van der Waals surface area contributed by atoms with Crippen molar-refractivity contribution in [2.45, 2.75) is 12.8 Å². The second-order valence-electron chi connectivity index (χ2n) is 7.82. The van der Waals surface area contributed by atoms with Crippen LogP contribution < -0.4 is 15.1 Å². The summed E-state index contributed by atoms with van der Waals surface area (Å²) in [4.78, 5) is 17.2. The molecule has 0 bridgehead atoms. The third-order valence-electron chi connectivity index (χ3n) is 5.90. The number of pyridine rings is 2. The summed E-state index contributed by atoms with van der Waals surface area (Å²) in [6, 6.07) is 12.5. The van der Waals surface area contributed by atoms with Gasteiger partial charge in [-0.3, -0.25) is 4.98 Å². The molecule has 30 heavy (non-hydrogen) atoms. The van der Waals surface area contributed by atoms with Crippen molar-refractivity contribution in [2.75, 3.05) is 49.1 Å². The molecule has 2 N–H and O–H groups in total. The Labute approximate surface area is 176 Å². The SMILES string of the molecule is N#Cc1cc(-c2ccnc(-c3ccc(N4CCCC4)nc3)c2)[nH]c1N1CCNCC1. The summed E-state index contributed by atoms with van der Waals surface area (Å²) in [5.41, 5.74) is 4.51.